The van der Waals surface area contributed by atoms with Gasteiger partial charge < -0.3 is 9.64 Å². The van der Waals surface area contributed by atoms with Gasteiger partial charge >= 0.3 is 0 Å². The number of hydrogen-bond donors (Lipinski definition) is 0. The average molecular weight is 399 g/mol. The molecule has 3 rings (SSSR count). The summed E-state index contributed by atoms with van der Waals surface area (Å²) in [4.78, 5) is 19.3. The number of hydrogen-bond acceptors (Lipinski definition) is 4. The normalized spacial score (nSPS) is 16.5. The van der Waals surface area contributed by atoms with E-state index in [0.717, 1.165) is 43.7 Å². The van der Waals surface area contributed by atoms with Gasteiger partial charge in [-0.1, -0.05) is 19.9 Å². The van der Waals surface area contributed by atoms with Crippen molar-refractivity contribution in [3.8, 4) is 0 Å². The van der Waals surface area contributed by atoms with Crippen molar-refractivity contribution in [2.24, 2.45) is 5.92 Å². The summed E-state index contributed by atoms with van der Waals surface area (Å²) in [6.07, 6.45) is 7.05. The molecule has 2 aromatic rings. The number of pyridine rings is 1. The van der Waals surface area contributed by atoms with Gasteiger partial charge in [-0.05, 0) is 56.2 Å². The molecule has 0 spiro atoms. The van der Waals surface area contributed by atoms with Crippen molar-refractivity contribution >= 4 is 5.91 Å². The Morgan fingerprint density at radius 3 is 2.86 bits per heavy atom. The second-order valence-electron chi connectivity index (χ2n) is 8.50. The number of carbonyl (C=O) groups excluding carboxylic acids is 1. The van der Waals surface area contributed by atoms with E-state index in [-0.39, 0.29) is 12.0 Å². The van der Waals surface area contributed by atoms with E-state index in [2.05, 4.69) is 35.5 Å². The lowest BCUT2D eigenvalue weighted by Gasteiger charge is -2.25. The van der Waals surface area contributed by atoms with Gasteiger partial charge in [0, 0.05) is 50.7 Å². The van der Waals surface area contributed by atoms with Crippen LogP contribution in [-0.2, 0) is 29.0 Å². The Bertz CT molecular complexity index is 795. The molecule has 2 aromatic heterocycles. The fraction of sp³-hybridized carbons (Fsp3) is 0.609. The van der Waals surface area contributed by atoms with Gasteiger partial charge in [0.2, 0.25) is 5.91 Å². The van der Waals surface area contributed by atoms with Crippen LogP contribution in [0.1, 0.15) is 55.6 Å². The van der Waals surface area contributed by atoms with Gasteiger partial charge in [0.15, 0.2) is 0 Å². The molecule has 29 heavy (non-hydrogen) atoms. The molecule has 1 unspecified atom stereocenters. The van der Waals surface area contributed by atoms with Gasteiger partial charge in [0.1, 0.15) is 0 Å². The molecule has 1 aliphatic heterocycles. The lowest BCUT2D eigenvalue weighted by atomic mass is 10.1. The Morgan fingerprint density at radius 2 is 2.21 bits per heavy atom. The van der Waals surface area contributed by atoms with E-state index >= 15 is 0 Å². The molecular formula is C23H34N4O2. The SMILES string of the molecule is Cc1nn(CC(C)C)c(C)c1CCC(=O)N(Cc1cccnc1)CC1CCCO1. The fourth-order valence-corrected chi connectivity index (χ4v) is 4.01. The van der Waals surface area contributed by atoms with Crippen molar-refractivity contribution in [2.75, 3.05) is 13.2 Å². The van der Waals surface area contributed by atoms with Crippen LogP contribution >= 0.6 is 0 Å². The highest BCUT2D eigenvalue weighted by molar-refractivity contribution is 5.76. The Morgan fingerprint density at radius 1 is 1.38 bits per heavy atom. The van der Waals surface area contributed by atoms with Gasteiger partial charge in [0.25, 0.3) is 0 Å². The average Bonchev–Trinajstić information content (AvgIpc) is 3.28. The predicted molar refractivity (Wildman–Crippen MR) is 113 cm³/mol. The van der Waals surface area contributed by atoms with Gasteiger partial charge in [0.05, 0.1) is 11.8 Å². The van der Waals surface area contributed by atoms with E-state index in [0.29, 0.717) is 25.4 Å². The molecule has 0 aliphatic carbocycles. The first kappa shape index (κ1) is 21.5. The molecule has 1 amide bonds. The summed E-state index contributed by atoms with van der Waals surface area (Å²) in [6, 6.07) is 3.94. The molecule has 158 valence electrons. The van der Waals surface area contributed by atoms with Crippen LogP contribution in [0.4, 0.5) is 0 Å². The van der Waals surface area contributed by atoms with Crippen molar-refractivity contribution in [3.63, 3.8) is 0 Å². The van der Waals surface area contributed by atoms with Crippen LogP contribution in [0, 0.1) is 19.8 Å². The van der Waals surface area contributed by atoms with E-state index < -0.39 is 0 Å². The summed E-state index contributed by atoms with van der Waals surface area (Å²) < 4.78 is 7.87. The maximum atomic E-state index is 13.1. The van der Waals surface area contributed by atoms with E-state index in [1.807, 2.05) is 30.2 Å². The molecule has 1 saturated heterocycles. The molecule has 0 radical (unpaired) electrons. The van der Waals surface area contributed by atoms with Crippen molar-refractivity contribution < 1.29 is 9.53 Å². The second kappa shape index (κ2) is 10.0. The summed E-state index contributed by atoms with van der Waals surface area (Å²) in [5.74, 6) is 0.712. The number of rotatable bonds is 9. The molecule has 6 heteroatoms. The van der Waals surface area contributed by atoms with Crippen molar-refractivity contribution in [1.29, 1.82) is 0 Å². The number of carbonyl (C=O) groups is 1. The van der Waals surface area contributed by atoms with E-state index in [1.54, 1.807) is 6.20 Å². The summed E-state index contributed by atoms with van der Waals surface area (Å²) in [5.41, 5.74) is 4.48. The lowest BCUT2D eigenvalue weighted by molar-refractivity contribution is -0.133. The maximum absolute atomic E-state index is 13.1. The first-order chi connectivity index (χ1) is 13.9. The van der Waals surface area contributed by atoms with E-state index in [4.69, 9.17) is 4.74 Å². The van der Waals surface area contributed by atoms with Crippen LogP contribution in [0.3, 0.4) is 0 Å². The monoisotopic (exact) mass is 398 g/mol. The number of aromatic nitrogens is 3. The smallest absolute Gasteiger partial charge is 0.223 e. The predicted octanol–water partition coefficient (Wildman–Crippen LogP) is 3.69. The minimum absolute atomic E-state index is 0.146. The zero-order valence-electron chi connectivity index (χ0n) is 18.2. The number of ether oxygens (including phenoxy) is 1. The van der Waals surface area contributed by atoms with E-state index in [9.17, 15) is 4.79 Å². The van der Waals surface area contributed by atoms with Gasteiger partial charge in [-0.2, -0.15) is 5.10 Å². The minimum Gasteiger partial charge on any atom is -0.376 e. The van der Waals surface area contributed by atoms with Crippen LogP contribution in [-0.4, -0.2) is 44.8 Å². The Kier molecular flexibility index (Phi) is 7.42. The maximum Gasteiger partial charge on any atom is 0.223 e. The van der Waals surface area contributed by atoms with Crippen molar-refractivity contribution in [1.82, 2.24) is 19.7 Å². The molecule has 0 N–H and O–H groups in total. The number of nitrogens with zero attached hydrogens (tertiary/aromatic N) is 4. The Labute approximate surface area is 174 Å². The van der Waals surface area contributed by atoms with Crippen LogP contribution in [0.2, 0.25) is 0 Å². The molecule has 0 bridgehead atoms. The second-order valence-corrected chi connectivity index (χ2v) is 8.50. The fourth-order valence-electron chi connectivity index (χ4n) is 4.01. The summed E-state index contributed by atoms with van der Waals surface area (Å²) in [6.45, 7) is 11.5. The van der Waals surface area contributed by atoms with Gasteiger partial charge in [-0.3, -0.25) is 14.5 Å². The third-order valence-electron chi connectivity index (χ3n) is 5.56. The Hall–Kier alpha value is -2.21. The topological polar surface area (TPSA) is 60.2 Å². The summed E-state index contributed by atoms with van der Waals surface area (Å²) in [7, 11) is 0. The lowest BCUT2D eigenvalue weighted by Crippen LogP contribution is -2.37. The molecular weight excluding hydrogens is 364 g/mol. The third-order valence-corrected chi connectivity index (χ3v) is 5.56. The number of amides is 1. The molecule has 1 atom stereocenters. The summed E-state index contributed by atoms with van der Waals surface area (Å²) >= 11 is 0. The third kappa shape index (κ3) is 5.89. The first-order valence-corrected chi connectivity index (χ1v) is 10.7. The quantitative estimate of drug-likeness (QED) is 0.646. The molecule has 1 fully saturated rings. The van der Waals surface area contributed by atoms with Gasteiger partial charge in [-0.15, -0.1) is 0 Å². The highest BCUT2D eigenvalue weighted by Crippen LogP contribution is 2.19. The standard InChI is InChI=1S/C23H34N4O2/c1-17(2)14-27-19(4)22(18(3)25-27)9-10-23(28)26(16-21-8-6-12-29-21)15-20-7-5-11-24-13-20/h5,7,11,13,17,21H,6,8-10,12,14-16H2,1-4H3. The van der Waals surface area contributed by atoms with Gasteiger partial charge in [-0.25, -0.2) is 0 Å². The minimum atomic E-state index is 0.146. The van der Waals surface area contributed by atoms with Crippen molar-refractivity contribution in [2.45, 2.75) is 72.6 Å². The van der Waals surface area contributed by atoms with Crippen LogP contribution in [0.15, 0.2) is 24.5 Å². The van der Waals surface area contributed by atoms with Crippen LogP contribution in [0.5, 0.6) is 0 Å². The molecule has 0 saturated carbocycles. The zero-order chi connectivity index (χ0) is 20.8. The molecule has 0 aromatic carbocycles. The first-order valence-electron chi connectivity index (χ1n) is 10.7. The Balaban J connectivity index is 1.67. The largest absolute Gasteiger partial charge is 0.376 e. The molecule has 1 aliphatic rings. The number of aryl methyl sites for hydroxylation is 1. The highest BCUT2D eigenvalue weighted by Gasteiger charge is 2.23. The molecule has 6 nitrogen and oxygen atoms in total. The summed E-state index contributed by atoms with van der Waals surface area (Å²) in [5, 5.41) is 4.69. The van der Waals surface area contributed by atoms with Crippen LogP contribution < -0.4 is 0 Å². The zero-order valence-corrected chi connectivity index (χ0v) is 18.2. The highest BCUT2D eigenvalue weighted by atomic mass is 16.5. The van der Waals surface area contributed by atoms with Crippen molar-refractivity contribution in [3.05, 3.63) is 47.0 Å². The van der Waals surface area contributed by atoms with E-state index in [1.165, 1.54) is 11.3 Å². The molecule has 3 heterocycles. The van der Waals surface area contributed by atoms with Crippen LogP contribution in [0.25, 0.3) is 0 Å².